The van der Waals surface area contributed by atoms with E-state index in [9.17, 15) is 18.0 Å². The lowest BCUT2D eigenvalue weighted by molar-refractivity contribution is -0.137. The molecule has 0 bridgehead atoms. The van der Waals surface area contributed by atoms with Gasteiger partial charge in [0.25, 0.3) is 5.91 Å². The fourth-order valence-electron chi connectivity index (χ4n) is 2.08. The standard InChI is InChI=1S/C14H11F3N4OS/c1-8-3-5-23-12(8)13(22)18-7-11-20-19-10-6-9(14(15,16)17)2-4-21(10)11/h2-6H,7H2,1H3,(H,18,22). The summed E-state index contributed by atoms with van der Waals surface area (Å²) in [5, 5.41) is 12.0. The van der Waals surface area contributed by atoms with Gasteiger partial charge in [0.15, 0.2) is 11.5 Å². The largest absolute Gasteiger partial charge is 0.416 e. The van der Waals surface area contributed by atoms with Gasteiger partial charge in [0, 0.05) is 6.20 Å². The molecule has 0 fully saturated rings. The van der Waals surface area contributed by atoms with Crippen LogP contribution in [-0.4, -0.2) is 20.5 Å². The Kier molecular flexibility index (Phi) is 3.80. The maximum absolute atomic E-state index is 12.7. The molecule has 0 atom stereocenters. The Labute approximate surface area is 132 Å². The number of amides is 1. The van der Waals surface area contributed by atoms with E-state index in [1.54, 1.807) is 0 Å². The van der Waals surface area contributed by atoms with E-state index < -0.39 is 11.7 Å². The average Bonchev–Trinajstić information content (AvgIpc) is 3.09. The van der Waals surface area contributed by atoms with E-state index in [1.165, 1.54) is 21.9 Å². The molecule has 1 amide bonds. The maximum atomic E-state index is 12.7. The van der Waals surface area contributed by atoms with Crippen LogP contribution in [0.25, 0.3) is 5.65 Å². The van der Waals surface area contributed by atoms with Crippen LogP contribution in [0.2, 0.25) is 0 Å². The number of hydrogen-bond donors (Lipinski definition) is 1. The molecule has 0 radical (unpaired) electrons. The van der Waals surface area contributed by atoms with Crippen molar-refractivity contribution in [2.45, 2.75) is 19.6 Å². The molecule has 0 aromatic carbocycles. The Hall–Kier alpha value is -2.42. The first-order valence-corrected chi connectivity index (χ1v) is 7.47. The van der Waals surface area contributed by atoms with Crippen molar-refractivity contribution in [1.29, 1.82) is 0 Å². The molecule has 120 valence electrons. The van der Waals surface area contributed by atoms with Gasteiger partial charge in [-0.15, -0.1) is 21.5 Å². The molecule has 0 aliphatic rings. The normalized spacial score (nSPS) is 11.8. The molecule has 0 unspecified atom stereocenters. The molecule has 0 aliphatic carbocycles. The number of carbonyl (C=O) groups is 1. The monoisotopic (exact) mass is 340 g/mol. The van der Waals surface area contributed by atoms with E-state index in [4.69, 9.17) is 0 Å². The quantitative estimate of drug-likeness (QED) is 0.797. The Morgan fingerprint density at radius 1 is 1.35 bits per heavy atom. The molecular weight excluding hydrogens is 329 g/mol. The van der Waals surface area contributed by atoms with Gasteiger partial charge < -0.3 is 5.32 Å². The summed E-state index contributed by atoms with van der Waals surface area (Å²) in [7, 11) is 0. The first kappa shape index (κ1) is 15.5. The highest BCUT2D eigenvalue weighted by atomic mass is 32.1. The third-order valence-corrected chi connectivity index (χ3v) is 4.30. The molecule has 1 N–H and O–H groups in total. The highest BCUT2D eigenvalue weighted by Gasteiger charge is 2.31. The van der Waals surface area contributed by atoms with E-state index >= 15 is 0 Å². The van der Waals surface area contributed by atoms with Gasteiger partial charge in [0.2, 0.25) is 0 Å². The van der Waals surface area contributed by atoms with Gasteiger partial charge in [-0.05, 0) is 36.1 Å². The predicted molar refractivity (Wildman–Crippen MR) is 78.2 cm³/mol. The minimum absolute atomic E-state index is 0.0721. The summed E-state index contributed by atoms with van der Waals surface area (Å²) in [6.45, 7) is 1.90. The van der Waals surface area contributed by atoms with Gasteiger partial charge >= 0.3 is 6.18 Å². The summed E-state index contributed by atoms with van der Waals surface area (Å²) < 4.78 is 39.4. The summed E-state index contributed by atoms with van der Waals surface area (Å²) in [5.74, 6) is 0.109. The minimum atomic E-state index is -4.43. The first-order valence-electron chi connectivity index (χ1n) is 6.59. The Bertz CT molecular complexity index is 868. The van der Waals surface area contributed by atoms with Crippen LogP contribution in [0.15, 0.2) is 29.8 Å². The summed E-state index contributed by atoms with van der Waals surface area (Å²) in [6.07, 6.45) is -3.19. The van der Waals surface area contributed by atoms with Crippen molar-refractivity contribution in [2.24, 2.45) is 0 Å². The van der Waals surface area contributed by atoms with Crippen molar-refractivity contribution in [3.05, 3.63) is 51.6 Å². The van der Waals surface area contributed by atoms with Crippen molar-refractivity contribution in [1.82, 2.24) is 19.9 Å². The van der Waals surface area contributed by atoms with Crippen molar-refractivity contribution >= 4 is 22.9 Å². The van der Waals surface area contributed by atoms with Crippen molar-refractivity contribution in [2.75, 3.05) is 0 Å². The number of aryl methyl sites for hydroxylation is 1. The van der Waals surface area contributed by atoms with Crippen LogP contribution in [0, 0.1) is 6.92 Å². The van der Waals surface area contributed by atoms with Crippen molar-refractivity contribution < 1.29 is 18.0 Å². The maximum Gasteiger partial charge on any atom is 0.416 e. The zero-order valence-corrected chi connectivity index (χ0v) is 12.7. The summed E-state index contributed by atoms with van der Waals surface area (Å²) >= 11 is 1.32. The summed E-state index contributed by atoms with van der Waals surface area (Å²) in [5.41, 5.74) is 0.159. The van der Waals surface area contributed by atoms with E-state index in [0.29, 0.717) is 10.7 Å². The summed E-state index contributed by atoms with van der Waals surface area (Å²) in [4.78, 5) is 12.6. The number of thiophene rings is 1. The molecule has 5 nitrogen and oxygen atoms in total. The molecule has 3 aromatic rings. The van der Waals surface area contributed by atoms with Gasteiger partial charge in [0.1, 0.15) is 0 Å². The van der Waals surface area contributed by atoms with Crippen LogP contribution in [0.1, 0.15) is 26.6 Å². The smallest absolute Gasteiger partial charge is 0.344 e. The number of fused-ring (bicyclic) bond motifs is 1. The van der Waals surface area contributed by atoms with Crippen LogP contribution >= 0.6 is 11.3 Å². The number of hydrogen-bond acceptors (Lipinski definition) is 4. The SMILES string of the molecule is Cc1ccsc1C(=O)NCc1nnc2cc(C(F)(F)F)ccn12. The molecule has 0 aliphatic heterocycles. The highest BCUT2D eigenvalue weighted by molar-refractivity contribution is 7.12. The Morgan fingerprint density at radius 3 is 2.78 bits per heavy atom. The fourth-order valence-corrected chi connectivity index (χ4v) is 2.92. The molecule has 3 heterocycles. The predicted octanol–water partition coefficient (Wildman–Crippen LogP) is 3.05. The first-order chi connectivity index (χ1) is 10.9. The second-order valence-electron chi connectivity index (χ2n) is 4.87. The number of alkyl halides is 3. The molecular formula is C14H11F3N4OS. The third kappa shape index (κ3) is 3.04. The molecule has 0 saturated heterocycles. The molecule has 0 saturated carbocycles. The lowest BCUT2D eigenvalue weighted by atomic mass is 10.2. The number of nitrogens with one attached hydrogen (secondary N) is 1. The number of aromatic nitrogens is 3. The topological polar surface area (TPSA) is 59.3 Å². The highest BCUT2D eigenvalue weighted by Crippen LogP contribution is 2.29. The fraction of sp³-hybridized carbons (Fsp3) is 0.214. The van der Waals surface area contributed by atoms with Crippen molar-refractivity contribution in [3.63, 3.8) is 0 Å². The Balaban J connectivity index is 1.79. The number of carbonyl (C=O) groups excluding carboxylic acids is 1. The zero-order valence-electron chi connectivity index (χ0n) is 11.9. The van der Waals surface area contributed by atoms with Gasteiger partial charge in [-0.25, -0.2) is 0 Å². The van der Waals surface area contributed by atoms with Crippen LogP contribution in [0.5, 0.6) is 0 Å². The third-order valence-electron chi connectivity index (χ3n) is 3.28. The second-order valence-corrected chi connectivity index (χ2v) is 5.79. The number of halogens is 3. The van der Waals surface area contributed by atoms with E-state index in [2.05, 4.69) is 15.5 Å². The summed E-state index contributed by atoms with van der Waals surface area (Å²) in [6, 6.07) is 3.71. The second kappa shape index (κ2) is 5.65. The van der Waals surface area contributed by atoms with Crippen LogP contribution in [0.3, 0.4) is 0 Å². The number of pyridine rings is 1. The number of nitrogens with zero attached hydrogens (tertiary/aromatic N) is 3. The molecule has 3 aromatic heterocycles. The molecule has 3 rings (SSSR count). The van der Waals surface area contributed by atoms with Crippen LogP contribution in [-0.2, 0) is 12.7 Å². The van der Waals surface area contributed by atoms with Gasteiger partial charge in [-0.3, -0.25) is 9.20 Å². The lowest BCUT2D eigenvalue weighted by Crippen LogP contribution is -2.23. The molecule has 0 spiro atoms. The number of rotatable bonds is 3. The van der Waals surface area contributed by atoms with E-state index in [-0.39, 0.29) is 18.1 Å². The van der Waals surface area contributed by atoms with Gasteiger partial charge in [0.05, 0.1) is 17.0 Å². The van der Waals surface area contributed by atoms with Gasteiger partial charge in [-0.1, -0.05) is 0 Å². The molecule has 9 heteroatoms. The average molecular weight is 340 g/mol. The van der Waals surface area contributed by atoms with Gasteiger partial charge in [-0.2, -0.15) is 13.2 Å². The van der Waals surface area contributed by atoms with E-state index in [0.717, 1.165) is 17.7 Å². The Morgan fingerprint density at radius 2 is 2.13 bits per heavy atom. The lowest BCUT2D eigenvalue weighted by Gasteiger charge is -2.07. The van der Waals surface area contributed by atoms with Crippen molar-refractivity contribution in [3.8, 4) is 0 Å². The minimum Gasteiger partial charge on any atom is -0.344 e. The van der Waals surface area contributed by atoms with Crippen LogP contribution < -0.4 is 5.32 Å². The van der Waals surface area contributed by atoms with E-state index in [1.807, 2.05) is 18.4 Å². The zero-order chi connectivity index (χ0) is 16.6. The van der Waals surface area contributed by atoms with Crippen LogP contribution in [0.4, 0.5) is 13.2 Å². The molecule has 23 heavy (non-hydrogen) atoms.